The molecule has 1 aromatic carbocycles. The van der Waals surface area contributed by atoms with Crippen LogP contribution in [0.3, 0.4) is 0 Å². The van der Waals surface area contributed by atoms with E-state index in [9.17, 15) is 5.11 Å². The second-order valence-electron chi connectivity index (χ2n) is 4.68. The number of aliphatic hydroxyl groups excluding tert-OH is 1. The molecule has 2 heterocycles. The molecule has 106 valence electrons. The second kappa shape index (κ2) is 5.34. The Morgan fingerprint density at radius 2 is 2.25 bits per heavy atom. The highest BCUT2D eigenvalue weighted by molar-refractivity contribution is 6.32. The average Bonchev–Trinajstić information content (AvgIpc) is 3.07. The van der Waals surface area contributed by atoms with Gasteiger partial charge in [0.25, 0.3) is 0 Å². The van der Waals surface area contributed by atoms with Crippen molar-refractivity contribution in [2.75, 3.05) is 6.79 Å². The first-order chi connectivity index (χ1) is 9.69. The van der Waals surface area contributed by atoms with E-state index in [4.69, 9.17) is 21.1 Å². The van der Waals surface area contributed by atoms with Crippen molar-refractivity contribution < 1.29 is 14.6 Å². The van der Waals surface area contributed by atoms with Crippen LogP contribution in [0.15, 0.2) is 24.5 Å². The number of aryl methyl sites for hydroxylation is 1. The fourth-order valence-corrected chi connectivity index (χ4v) is 2.48. The van der Waals surface area contributed by atoms with E-state index in [1.807, 2.05) is 10.9 Å². The van der Waals surface area contributed by atoms with E-state index in [0.29, 0.717) is 22.1 Å². The summed E-state index contributed by atoms with van der Waals surface area (Å²) >= 11 is 6.12. The van der Waals surface area contributed by atoms with Gasteiger partial charge in [0, 0.05) is 18.3 Å². The Hall–Kier alpha value is -1.72. The van der Waals surface area contributed by atoms with E-state index in [2.05, 4.69) is 12.0 Å². The van der Waals surface area contributed by atoms with Crippen LogP contribution in [0.1, 0.15) is 30.6 Å². The summed E-state index contributed by atoms with van der Waals surface area (Å²) in [5.74, 6) is 1.09. The van der Waals surface area contributed by atoms with Crippen molar-refractivity contribution in [3.05, 3.63) is 40.7 Å². The number of aromatic nitrogens is 2. The number of rotatable bonds is 4. The average molecular weight is 295 g/mol. The molecule has 6 heteroatoms. The Kier molecular flexibility index (Phi) is 3.54. The Morgan fingerprint density at radius 1 is 1.40 bits per heavy atom. The highest BCUT2D eigenvalue weighted by Gasteiger charge is 2.22. The quantitative estimate of drug-likeness (QED) is 0.942. The first-order valence-corrected chi connectivity index (χ1v) is 6.86. The lowest BCUT2D eigenvalue weighted by Gasteiger charge is -2.10. The van der Waals surface area contributed by atoms with Crippen LogP contribution in [0, 0.1) is 0 Å². The molecule has 2 aromatic rings. The van der Waals surface area contributed by atoms with E-state index in [0.717, 1.165) is 18.5 Å². The normalized spacial score (nSPS) is 14.6. The lowest BCUT2D eigenvalue weighted by atomic mass is 10.0. The molecule has 3 rings (SSSR count). The zero-order chi connectivity index (χ0) is 14.1. The molecule has 0 bridgehead atoms. The third-order valence-electron chi connectivity index (χ3n) is 3.19. The second-order valence-corrected chi connectivity index (χ2v) is 5.08. The van der Waals surface area contributed by atoms with Crippen LogP contribution in [-0.4, -0.2) is 21.7 Å². The van der Waals surface area contributed by atoms with Gasteiger partial charge in [-0.2, -0.15) is 5.10 Å². The number of halogens is 1. The molecule has 5 nitrogen and oxygen atoms in total. The van der Waals surface area contributed by atoms with Crippen LogP contribution in [0.4, 0.5) is 0 Å². The Labute approximate surface area is 121 Å². The van der Waals surface area contributed by atoms with Gasteiger partial charge in [0.1, 0.15) is 6.10 Å². The van der Waals surface area contributed by atoms with Crippen molar-refractivity contribution in [3.8, 4) is 11.5 Å². The lowest BCUT2D eigenvalue weighted by molar-refractivity contribution is 0.173. The molecule has 0 saturated heterocycles. The van der Waals surface area contributed by atoms with Gasteiger partial charge in [-0.3, -0.25) is 4.68 Å². The number of nitrogens with zero attached hydrogens (tertiary/aromatic N) is 2. The zero-order valence-electron chi connectivity index (χ0n) is 11.0. The Bertz CT molecular complexity index is 627. The summed E-state index contributed by atoms with van der Waals surface area (Å²) in [5.41, 5.74) is 1.39. The number of hydrogen-bond donors (Lipinski definition) is 1. The number of benzene rings is 1. The van der Waals surface area contributed by atoms with Gasteiger partial charge in [0.2, 0.25) is 6.79 Å². The van der Waals surface area contributed by atoms with E-state index < -0.39 is 6.10 Å². The third-order valence-corrected chi connectivity index (χ3v) is 3.47. The van der Waals surface area contributed by atoms with Crippen LogP contribution in [0.5, 0.6) is 11.5 Å². The summed E-state index contributed by atoms with van der Waals surface area (Å²) in [7, 11) is 0. The van der Waals surface area contributed by atoms with E-state index in [1.165, 1.54) is 0 Å². The molecule has 1 aliphatic rings. The maximum atomic E-state index is 10.4. The van der Waals surface area contributed by atoms with Crippen LogP contribution in [0.25, 0.3) is 0 Å². The molecule has 1 atom stereocenters. The van der Waals surface area contributed by atoms with Crippen LogP contribution in [-0.2, 0) is 6.54 Å². The highest BCUT2D eigenvalue weighted by atomic mass is 35.5. The minimum absolute atomic E-state index is 0.156. The Morgan fingerprint density at radius 3 is 3.05 bits per heavy atom. The predicted octanol–water partition coefficient (Wildman–Crippen LogP) is 2.76. The van der Waals surface area contributed by atoms with E-state index in [-0.39, 0.29) is 6.79 Å². The van der Waals surface area contributed by atoms with Gasteiger partial charge in [0.05, 0.1) is 11.2 Å². The first-order valence-electron chi connectivity index (χ1n) is 6.48. The predicted molar refractivity (Wildman–Crippen MR) is 74.2 cm³/mol. The van der Waals surface area contributed by atoms with Gasteiger partial charge >= 0.3 is 0 Å². The van der Waals surface area contributed by atoms with Crippen LogP contribution < -0.4 is 9.47 Å². The molecule has 1 unspecified atom stereocenters. The van der Waals surface area contributed by atoms with Crippen molar-refractivity contribution in [1.29, 1.82) is 0 Å². The number of fused-ring (bicyclic) bond motifs is 1. The lowest BCUT2D eigenvalue weighted by Crippen LogP contribution is -1.99. The minimum atomic E-state index is -0.785. The maximum absolute atomic E-state index is 10.4. The molecule has 1 aliphatic heterocycles. The van der Waals surface area contributed by atoms with Crippen LogP contribution >= 0.6 is 11.6 Å². The van der Waals surface area contributed by atoms with Gasteiger partial charge in [-0.15, -0.1) is 0 Å². The van der Waals surface area contributed by atoms with Crippen LogP contribution in [0.2, 0.25) is 5.02 Å². The molecule has 0 fully saturated rings. The molecule has 1 aromatic heterocycles. The summed E-state index contributed by atoms with van der Waals surface area (Å²) in [5, 5.41) is 15.1. The van der Waals surface area contributed by atoms with Crippen molar-refractivity contribution in [1.82, 2.24) is 9.78 Å². The summed E-state index contributed by atoms with van der Waals surface area (Å²) in [6, 6.07) is 3.44. The van der Waals surface area contributed by atoms with Crippen molar-refractivity contribution in [3.63, 3.8) is 0 Å². The molecule has 0 spiro atoms. The summed E-state index contributed by atoms with van der Waals surface area (Å²) in [4.78, 5) is 0. The molecular weight excluding hydrogens is 280 g/mol. The van der Waals surface area contributed by atoms with Crippen molar-refractivity contribution in [2.45, 2.75) is 26.0 Å². The molecule has 20 heavy (non-hydrogen) atoms. The van der Waals surface area contributed by atoms with Gasteiger partial charge in [0.15, 0.2) is 11.5 Å². The maximum Gasteiger partial charge on any atom is 0.231 e. The van der Waals surface area contributed by atoms with Gasteiger partial charge in [-0.25, -0.2) is 0 Å². The van der Waals surface area contributed by atoms with Gasteiger partial charge in [-0.1, -0.05) is 18.5 Å². The van der Waals surface area contributed by atoms with Crippen molar-refractivity contribution >= 4 is 11.6 Å². The fourth-order valence-electron chi connectivity index (χ4n) is 2.21. The van der Waals surface area contributed by atoms with Crippen molar-refractivity contribution in [2.24, 2.45) is 0 Å². The number of ether oxygens (including phenoxy) is 2. The first kappa shape index (κ1) is 13.3. The molecule has 0 radical (unpaired) electrons. The fraction of sp³-hybridized carbons (Fsp3) is 0.357. The monoisotopic (exact) mass is 294 g/mol. The standard InChI is InChI=1S/C14H15ClN2O3/c1-2-3-17-7-10(6-16-17)13(18)9-4-11(15)14-12(5-9)19-8-20-14/h4-7,13,18H,2-3,8H2,1H3. The SMILES string of the molecule is CCCn1cc(C(O)c2cc(Cl)c3c(c2)OCO3)cn1. The van der Waals surface area contributed by atoms with Gasteiger partial charge < -0.3 is 14.6 Å². The molecular formula is C14H15ClN2O3. The third kappa shape index (κ3) is 2.34. The Balaban J connectivity index is 1.89. The summed E-state index contributed by atoms with van der Waals surface area (Å²) < 4.78 is 12.4. The van der Waals surface area contributed by atoms with E-state index in [1.54, 1.807) is 18.3 Å². The highest BCUT2D eigenvalue weighted by Crippen LogP contribution is 2.41. The van der Waals surface area contributed by atoms with Gasteiger partial charge in [-0.05, 0) is 24.1 Å². The minimum Gasteiger partial charge on any atom is -0.454 e. The molecule has 0 amide bonds. The largest absolute Gasteiger partial charge is 0.454 e. The number of hydrogen-bond acceptors (Lipinski definition) is 4. The smallest absolute Gasteiger partial charge is 0.231 e. The molecule has 0 saturated carbocycles. The molecule has 0 aliphatic carbocycles. The zero-order valence-corrected chi connectivity index (χ0v) is 11.8. The summed E-state index contributed by atoms with van der Waals surface area (Å²) in [6.45, 7) is 3.06. The topological polar surface area (TPSA) is 56.5 Å². The van der Waals surface area contributed by atoms with E-state index >= 15 is 0 Å². The summed E-state index contributed by atoms with van der Waals surface area (Å²) in [6.07, 6.45) is 3.71. The number of aliphatic hydroxyl groups is 1. The molecule has 1 N–H and O–H groups in total.